The van der Waals surface area contributed by atoms with E-state index < -0.39 is 47.3 Å². The molecule has 2 aliphatic rings. The molecule has 7 amide bonds. The fourth-order valence-electron chi connectivity index (χ4n) is 7.35. The molecule has 0 radical (unpaired) electrons. The predicted molar refractivity (Wildman–Crippen MR) is 229 cm³/mol. The predicted octanol–water partition coefficient (Wildman–Crippen LogP) is 4.21. The van der Waals surface area contributed by atoms with Gasteiger partial charge in [0, 0.05) is 56.4 Å². The highest BCUT2D eigenvalue weighted by Gasteiger charge is 2.41. The molecule has 0 spiro atoms. The zero-order valence-corrected chi connectivity index (χ0v) is 36.4. The topological polar surface area (TPSA) is 202 Å². The standard InChI is InChI=1S/C43H59N11O6/c1-11-13-31(39(58)53-19-12-14-33(53)37(56)50-43(6,7)40(59)48-32(20-25(2)3)38(57)51(8)9)47-36(55)28-17-15-26(4)34(21-28)54-24-29-22-45-41(49-35(29)52(10)42(54)60)46-30-18-16-27(5)44-23-30/h15-18,21-23,25,31-33H,11-14,19-20,24H2,1-10H3,(H,47,55)(H,48,59)(H,50,56)(H,45,46,49)/t31?,32?,33-/m0/s1. The summed E-state index contributed by atoms with van der Waals surface area (Å²) in [6.07, 6.45) is 5.61. The molecule has 4 N–H and O–H groups in total. The number of benzene rings is 1. The summed E-state index contributed by atoms with van der Waals surface area (Å²) >= 11 is 0. The highest BCUT2D eigenvalue weighted by molar-refractivity contribution is 6.07. The van der Waals surface area contributed by atoms with Gasteiger partial charge in [-0.25, -0.2) is 9.78 Å². The Hall–Kier alpha value is -6.13. The quantitative estimate of drug-likeness (QED) is 0.172. The van der Waals surface area contributed by atoms with E-state index in [4.69, 9.17) is 0 Å². The van der Waals surface area contributed by atoms with Crippen LogP contribution in [0.2, 0.25) is 0 Å². The summed E-state index contributed by atoms with van der Waals surface area (Å²) in [6.45, 7) is 13.1. The Bertz CT molecular complexity index is 2100. The van der Waals surface area contributed by atoms with E-state index in [1.165, 1.54) is 14.7 Å². The lowest BCUT2D eigenvalue weighted by Crippen LogP contribution is -2.62. The lowest BCUT2D eigenvalue weighted by molar-refractivity contribution is -0.142. The van der Waals surface area contributed by atoms with Gasteiger partial charge in [0.2, 0.25) is 29.6 Å². The molecule has 5 rings (SSSR count). The largest absolute Gasteiger partial charge is 0.347 e. The average molecular weight is 826 g/mol. The van der Waals surface area contributed by atoms with Gasteiger partial charge >= 0.3 is 6.03 Å². The van der Waals surface area contributed by atoms with Crippen LogP contribution < -0.4 is 31.1 Å². The Labute approximate surface area is 352 Å². The molecular weight excluding hydrogens is 767 g/mol. The smallest absolute Gasteiger partial charge is 0.330 e. The summed E-state index contributed by atoms with van der Waals surface area (Å²) in [5.74, 6) is -1.26. The highest BCUT2D eigenvalue weighted by Crippen LogP contribution is 2.33. The fourth-order valence-corrected chi connectivity index (χ4v) is 7.35. The third-order valence-corrected chi connectivity index (χ3v) is 10.7. The monoisotopic (exact) mass is 825 g/mol. The molecule has 1 saturated heterocycles. The molecule has 0 aliphatic carbocycles. The number of pyridine rings is 1. The number of urea groups is 1. The summed E-state index contributed by atoms with van der Waals surface area (Å²) < 4.78 is 0. The van der Waals surface area contributed by atoms with Crippen LogP contribution in [0.5, 0.6) is 0 Å². The minimum atomic E-state index is -1.39. The molecule has 3 atom stereocenters. The molecule has 17 nitrogen and oxygen atoms in total. The third-order valence-electron chi connectivity index (χ3n) is 10.7. The van der Waals surface area contributed by atoms with Gasteiger partial charge in [-0.3, -0.25) is 38.8 Å². The first-order chi connectivity index (χ1) is 28.3. The van der Waals surface area contributed by atoms with Crippen molar-refractivity contribution in [1.29, 1.82) is 0 Å². The number of aromatic nitrogens is 3. The first-order valence-corrected chi connectivity index (χ1v) is 20.5. The summed E-state index contributed by atoms with van der Waals surface area (Å²) in [5, 5.41) is 11.6. The van der Waals surface area contributed by atoms with Gasteiger partial charge in [0.25, 0.3) is 5.91 Å². The van der Waals surface area contributed by atoms with Crippen LogP contribution in [0.25, 0.3) is 0 Å². The number of fused-ring (bicyclic) bond motifs is 1. The van der Waals surface area contributed by atoms with E-state index in [1.807, 2.05) is 46.8 Å². The van der Waals surface area contributed by atoms with Gasteiger partial charge in [0.05, 0.1) is 18.4 Å². The highest BCUT2D eigenvalue weighted by atomic mass is 16.2. The minimum absolute atomic E-state index is 0.134. The summed E-state index contributed by atoms with van der Waals surface area (Å²) in [6, 6.07) is 5.86. The van der Waals surface area contributed by atoms with Crippen LogP contribution in [0.3, 0.4) is 0 Å². The molecule has 1 aromatic carbocycles. The molecule has 4 heterocycles. The lowest BCUT2D eigenvalue weighted by atomic mass is 9.99. The van der Waals surface area contributed by atoms with Gasteiger partial charge in [-0.05, 0) is 89.1 Å². The summed E-state index contributed by atoms with van der Waals surface area (Å²) in [7, 11) is 4.88. The number of hydrogen-bond donors (Lipinski definition) is 4. The van der Waals surface area contributed by atoms with Crippen molar-refractivity contribution in [3.8, 4) is 0 Å². The Morgan fingerprint density at radius 2 is 1.72 bits per heavy atom. The minimum Gasteiger partial charge on any atom is -0.347 e. The number of carbonyl (C=O) groups excluding carboxylic acids is 6. The number of likely N-dealkylation sites (N-methyl/N-ethyl adjacent to an activating group) is 1. The second kappa shape index (κ2) is 18.8. The fraction of sp³-hybridized carbons (Fsp3) is 0.512. The van der Waals surface area contributed by atoms with Gasteiger partial charge in [-0.1, -0.05) is 33.3 Å². The van der Waals surface area contributed by atoms with Crippen LogP contribution >= 0.6 is 0 Å². The van der Waals surface area contributed by atoms with Crippen molar-refractivity contribution in [1.82, 2.24) is 40.7 Å². The number of carbonyl (C=O) groups is 6. The second-order valence-corrected chi connectivity index (χ2v) is 16.8. The van der Waals surface area contributed by atoms with Gasteiger partial charge in [-0.15, -0.1) is 0 Å². The van der Waals surface area contributed by atoms with E-state index in [0.29, 0.717) is 67.4 Å². The Morgan fingerprint density at radius 1 is 0.983 bits per heavy atom. The molecule has 0 saturated carbocycles. The first-order valence-electron chi connectivity index (χ1n) is 20.5. The zero-order chi connectivity index (χ0) is 44.1. The van der Waals surface area contributed by atoms with Crippen molar-refractivity contribution in [2.75, 3.05) is 42.8 Å². The van der Waals surface area contributed by atoms with Crippen molar-refractivity contribution in [2.45, 2.75) is 111 Å². The van der Waals surface area contributed by atoms with Crippen LogP contribution in [-0.2, 0) is 25.7 Å². The molecule has 17 heteroatoms. The molecule has 0 bridgehead atoms. The SMILES string of the molecule is CCCC(NC(=O)c1ccc(C)c(N2Cc3cnc(Nc4ccc(C)nc4)nc3N(C)C2=O)c1)C(=O)N1CCC[C@H]1C(=O)NC(C)(C)C(=O)NC(CC(C)C)C(=O)N(C)C. The van der Waals surface area contributed by atoms with Gasteiger partial charge in [0.1, 0.15) is 29.5 Å². The van der Waals surface area contributed by atoms with Crippen LogP contribution in [0, 0.1) is 19.8 Å². The molecular formula is C43H59N11O6. The van der Waals surface area contributed by atoms with Crippen molar-refractivity contribution < 1.29 is 28.8 Å². The maximum atomic E-state index is 14.1. The molecule has 3 aromatic rings. The third kappa shape index (κ3) is 10.4. The van der Waals surface area contributed by atoms with Crippen molar-refractivity contribution in [2.24, 2.45) is 5.92 Å². The van der Waals surface area contributed by atoms with E-state index in [9.17, 15) is 28.8 Å². The number of aryl methyl sites for hydroxylation is 2. The first kappa shape index (κ1) is 45.0. The lowest BCUT2D eigenvalue weighted by Gasteiger charge is -2.35. The number of amides is 7. The molecule has 322 valence electrons. The molecule has 60 heavy (non-hydrogen) atoms. The Balaban J connectivity index is 1.27. The van der Waals surface area contributed by atoms with E-state index >= 15 is 0 Å². The van der Waals surface area contributed by atoms with Crippen LogP contribution in [0.4, 0.5) is 27.9 Å². The van der Waals surface area contributed by atoms with E-state index in [0.717, 1.165) is 11.3 Å². The molecule has 2 aliphatic heterocycles. The van der Waals surface area contributed by atoms with E-state index in [2.05, 4.69) is 36.2 Å². The van der Waals surface area contributed by atoms with Crippen molar-refractivity contribution in [3.05, 3.63) is 65.1 Å². The van der Waals surface area contributed by atoms with E-state index in [-0.39, 0.29) is 30.0 Å². The number of anilines is 4. The normalized spacial score (nSPS) is 16.2. The maximum Gasteiger partial charge on any atom is 0.330 e. The van der Waals surface area contributed by atoms with Crippen molar-refractivity contribution >= 4 is 58.7 Å². The number of likely N-dealkylation sites (tertiary alicyclic amines) is 1. The number of hydrogen-bond acceptors (Lipinski definition) is 10. The second-order valence-electron chi connectivity index (χ2n) is 16.8. The van der Waals surface area contributed by atoms with Gasteiger partial charge < -0.3 is 31.1 Å². The maximum absolute atomic E-state index is 14.1. The number of nitrogens with one attached hydrogen (secondary N) is 4. The summed E-state index contributed by atoms with van der Waals surface area (Å²) in [4.78, 5) is 101. The van der Waals surface area contributed by atoms with Gasteiger partial charge in [-0.2, -0.15) is 4.98 Å². The summed E-state index contributed by atoms with van der Waals surface area (Å²) in [5.41, 5.74) is 2.41. The zero-order valence-electron chi connectivity index (χ0n) is 36.4. The Morgan fingerprint density at radius 3 is 2.37 bits per heavy atom. The number of rotatable bonds is 15. The van der Waals surface area contributed by atoms with Crippen LogP contribution in [0.15, 0.2) is 42.7 Å². The molecule has 1 fully saturated rings. The van der Waals surface area contributed by atoms with Crippen LogP contribution in [0.1, 0.15) is 93.9 Å². The average Bonchev–Trinajstić information content (AvgIpc) is 3.70. The molecule has 2 aromatic heterocycles. The van der Waals surface area contributed by atoms with Gasteiger partial charge in [0.15, 0.2) is 0 Å². The molecule has 2 unspecified atom stereocenters. The van der Waals surface area contributed by atoms with Crippen molar-refractivity contribution in [3.63, 3.8) is 0 Å². The van der Waals surface area contributed by atoms with Crippen LogP contribution in [-0.4, -0.2) is 112 Å². The van der Waals surface area contributed by atoms with E-state index in [1.54, 1.807) is 70.5 Å². The Kier molecular flexibility index (Phi) is 14.1. The number of nitrogens with zero attached hydrogens (tertiary/aromatic N) is 7.